The predicted molar refractivity (Wildman–Crippen MR) is 107 cm³/mol. The monoisotopic (exact) mass is 410 g/mol. The smallest absolute Gasteiger partial charge is 0.155 e. The highest BCUT2D eigenvalue weighted by Crippen LogP contribution is 2.73. The number of carbonyl (C=O) groups excluding carboxylic acids is 2. The highest BCUT2D eigenvalue weighted by molar-refractivity contribution is 6.28. The number of ketones is 2. The van der Waals surface area contributed by atoms with Gasteiger partial charge in [0.05, 0.1) is 12.0 Å². The summed E-state index contributed by atoms with van der Waals surface area (Å²) in [5, 5.41) is 11.3. The molecule has 5 heteroatoms. The van der Waals surface area contributed by atoms with Crippen molar-refractivity contribution in [2.75, 3.05) is 5.88 Å². The van der Waals surface area contributed by atoms with Crippen LogP contribution in [0, 0.1) is 34.0 Å². The molecule has 4 aliphatic carbocycles. The molecule has 0 bridgehead atoms. The Morgan fingerprint density at radius 1 is 1.29 bits per heavy atom. The van der Waals surface area contributed by atoms with E-state index in [0.29, 0.717) is 25.7 Å². The second-order valence-electron chi connectivity index (χ2n) is 10.5. The lowest BCUT2D eigenvalue weighted by Gasteiger charge is -2.64. The molecule has 156 valence electrons. The van der Waals surface area contributed by atoms with Gasteiger partial charge in [-0.15, -0.1) is 11.6 Å². The number of rotatable bonds is 2. The van der Waals surface area contributed by atoms with Gasteiger partial charge >= 0.3 is 0 Å². The largest absolute Gasteiger partial charge is 0.390 e. The van der Waals surface area contributed by atoms with Crippen LogP contribution < -0.4 is 0 Å². The summed E-state index contributed by atoms with van der Waals surface area (Å²) in [6.07, 6.45) is 3.67. The van der Waals surface area contributed by atoms with Crippen LogP contribution in [0.1, 0.15) is 66.2 Å². The van der Waals surface area contributed by atoms with Crippen molar-refractivity contribution >= 4 is 23.2 Å². The quantitative estimate of drug-likeness (QED) is 0.674. The van der Waals surface area contributed by atoms with Gasteiger partial charge in [0.1, 0.15) is 5.67 Å². The van der Waals surface area contributed by atoms with Crippen molar-refractivity contribution in [3.8, 4) is 0 Å². The molecule has 0 aromatic rings. The summed E-state index contributed by atoms with van der Waals surface area (Å²) in [6.45, 7) is 8.04. The fourth-order valence-electron chi connectivity index (χ4n) is 7.86. The molecule has 0 unspecified atom stereocenters. The molecule has 4 rings (SSSR count). The maximum absolute atomic E-state index is 17.0. The number of Topliss-reactive ketones (excluding diaryl/α,β-unsaturated/α-hetero) is 1. The minimum absolute atomic E-state index is 0.0103. The number of halogens is 2. The molecular formula is C23H32ClFO3. The van der Waals surface area contributed by atoms with Crippen LogP contribution in [0.3, 0.4) is 0 Å². The summed E-state index contributed by atoms with van der Waals surface area (Å²) in [6, 6.07) is 0. The number of aliphatic hydroxyl groups excluding tert-OH is 1. The molecule has 0 aliphatic heterocycles. The molecule has 3 nitrogen and oxygen atoms in total. The van der Waals surface area contributed by atoms with Crippen LogP contribution in [0.4, 0.5) is 4.39 Å². The molecule has 0 heterocycles. The fraction of sp³-hybridized carbons (Fsp3) is 0.826. The van der Waals surface area contributed by atoms with Crippen LogP contribution >= 0.6 is 11.6 Å². The second kappa shape index (κ2) is 6.14. The average molecular weight is 411 g/mol. The third kappa shape index (κ3) is 2.14. The minimum Gasteiger partial charge on any atom is -0.390 e. The van der Waals surface area contributed by atoms with Gasteiger partial charge in [-0.25, -0.2) is 4.39 Å². The molecule has 0 aromatic carbocycles. The van der Waals surface area contributed by atoms with Crippen LogP contribution in [-0.4, -0.2) is 34.3 Å². The molecule has 8 atom stereocenters. The van der Waals surface area contributed by atoms with Gasteiger partial charge in [-0.05, 0) is 55.4 Å². The Bertz CT molecular complexity index is 765. The molecule has 1 N–H and O–H groups in total. The van der Waals surface area contributed by atoms with E-state index in [2.05, 4.69) is 13.8 Å². The maximum Gasteiger partial charge on any atom is 0.155 e. The summed E-state index contributed by atoms with van der Waals surface area (Å²) < 4.78 is 17.0. The SMILES string of the molecule is C[C@@H]1C[C@H]2[C@@H]3CCC4=CC(=O)CC[C@]4(C)[C@@]3(F)[C@@H](O)C[C@]2(C)[C@@]1(C)C(=O)CCl. The molecule has 0 amide bonds. The molecule has 0 radical (unpaired) electrons. The van der Waals surface area contributed by atoms with Gasteiger partial charge in [0.25, 0.3) is 0 Å². The van der Waals surface area contributed by atoms with Crippen molar-refractivity contribution in [3.63, 3.8) is 0 Å². The van der Waals surface area contributed by atoms with Crippen LogP contribution in [0.5, 0.6) is 0 Å². The van der Waals surface area contributed by atoms with E-state index in [1.54, 1.807) is 6.08 Å². The molecule has 0 spiro atoms. The van der Waals surface area contributed by atoms with Gasteiger partial charge in [0.15, 0.2) is 11.6 Å². The highest BCUT2D eigenvalue weighted by Gasteiger charge is 2.74. The number of allylic oxidation sites excluding steroid dienone is 1. The first-order valence-corrected chi connectivity index (χ1v) is 11.2. The van der Waals surface area contributed by atoms with Gasteiger partial charge in [-0.2, -0.15) is 0 Å². The van der Waals surface area contributed by atoms with Crippen LogP contribution in [0.25, 0.3) is 0 Å². The van der Waals surface area contributed by atoms with Crippen LogP contribution in [-0.2, 0) is 9.59 Å². The van der Waals surface area contributed by atoms with Gasteiger partial charge in [0.2, 0.25) is 0 Å². The zero-order chi connectivity index (χ0) is 20.7. The molecule has 28 heavy (non-hydrogen) atoms. The van der Waals surface area contributed by atoms with E-state index in [1.807, 2.05) is 13.8 Å². The third-order valence-corrected chi connectivity index (χ3v) is 10.2. The molecular weight excluding hydrogens is 379 g/mol. The minimum atomic E-state index is -1.75. The first-order valence-electron chi connectivity index (χ1n) is 10.7. The Labute approximate surface area is 172 Å². The first-order chi connectivity index (χ1) is 13.0. The number of hydrogen-bond donors (Lipinski definition) is 1. The molecule has 4 aliphatic rings. The lowest BCUT2D eigenvalue weighted by Crippen LogP contribution is -2.68. The summed E-state index contributed by atoms with van der Waals surface area (Å²) in [5.41, 5.74) is -2.81. The topological polar surface area (TPSA) is 54.4 Å². The third-order valence-electron chi connectivity index (χ3n) is 9.91. The van der Waals surface area contributed by atoms with Crippen molar-refractivity contribution in [2.24, 2.45) is 34.0 Å². The number of alkyl halides is 2. The number of hydrogen-bond acceptors (Lipinski definition) is 3. The van der Waals surface area contributed by atoms with Crippen molar-refractivity contribution in [1.82, 2.24) is 0 Å². The zero-order valence-electron chi connectivity index (χ0n) is 17.4. The van der Waals surface area contributed by atoms with Crippen LogP contribution in [0.15, 0.2) is 11.6 Å². The second-order valence-corrected chi connectivity index (χ2v) is 10.8. The zero-order valence-corrected chi connectivity index (χ0v) is 18.1. The Morgan fingerprint density at radius 3 is 2.61 bits per heavy atom. The Morgan fingerprint density at radius 2 is 1.96 bits per heavy atom. The van der Waals surface area contributed by atoms with E-state index in [9.17, 15) is 14.7 Å². The first kappa shape index (κ1) is 20.5. The predicted octanol–water partition coefficient (Wildman–Crippen LogP) is 4.64. The summed E-state index contributed by atoms with van der Waals surface area (Å²) >= 11 is 5.98. The Kier molecular flexibility index (Phi) is 4.50. The van der Waals surface area contributed by atoms with Crippen molar-refractivity contribution in [2.45, 2.75) is 78.0 Å². The van der Waals surface area contributed by atoms with Gasteiger partial charge < -0.3 is 5.11 Å². The average Bonchev–Trinajstić information content (AvgIpc) is 2.84. The van der Waals surface area contributed by atoms with E-state index in [-0.39, 0.29) is 41.6 Å². The van der Waals surface area contributed by atoms with E-state index in [4.69, 9.17) is 11.6 Å². The van der Waals surface area contributed by atoms with E-state index in [1.165, 1.54) is 0 Å². The van der Waals surface area contributed by atoms with Gasteiger partial charge in [-0.3, -0.25) is 9.59 Å². The fourth-order valence-corrected chi connectivity index (χ4v) is 8.14. The van der Waals surface area contributed by atoms with Gasteiger partial charge in [-0.1, -0.05) is 33.3 Å². The van der Waals surface area contributed by atoms with Crippen LogP contribution in [0.2, 0.25) is 0 Å². The molecule has 3 fully saturated rings. The van der Waals surface area contributed by atoms with Crippen molar-refractivity contribution in [3.05, 3.63) is 11.6 Å². The van der Waals surface area contributed by atoms with Crippen molar-refractivity contribution < 1.29 is 19.1 Å². The normalized spacial score (nSPS) is 53.1. The highest BCUT2D eigenvalue weighted by atomic mass is 35.5. The van der Waals surface area contributed by atoms with Gasteiger partial charge in [0, 0.05) is 23.2 Å². The standard InChI is InChI=1S/C23H32ClFO3/c1-13-9-17-16-6-5-14-10-15(26)7-8-20(14,2)23(16,25)18(27)11-21(17,3)22(13,4)19(28)12-24/h10,13,16-18,27H,5-9,11-12H2,1-4H3/t13-,16+,17+,18+,20+,21+,22-,23+/m1/s1. The lowest BCUT2D eigenvalue weighted by molar-refractivity contribution is -0.216. The number of carbonyl (C=O) groups is 2. The molecule has 0 saturated heterocycles. The van der Waals surface area contributed by atoms with E-state index >= 15 is 4.39 Å². The van der Waals surface area contributed by atoms with E-state index in [0.717, 1.165) is 12.0 Å². The Hall–Kier alpha value is -0.740. The summed E-state index contributed by atoms with van der Waals surface area (Å²) in [7, 11) is 0. The van der Waals surface area contributed by atoms with Crippen molar-refractivity contribution in [1.29, 1.82) is 0 Å². The molecule has 0 aromatic heterocycles. The number of aliphatic hydroxyl groups is 1. The lowest BCUT2D eigenvalue weighted by atomic mass is 9.42. The summed E-state index contributed by atoms with van der Waals surface area (Å²) in [5.74, 6) is -0.137. The summed E-state index contributed by atoms with van der Waals surface area (Å²) in [4.78, 5) is 24.9. The molecule has 3 saturated carbocycles. The van der Waals surface area contributed by atoms with E-state index < -0.39 is 28.0 Å². The Balaban J connectivity index is 1.83. The maximum atomic E-state index is 17.0. The number of fused-ring (bicyclic) bond motifs is 5.